The van der Waals surface area contributed by atoms with Crippen LogP contribution in [0.2, 0.25) is 0 Å². The third-order valence-corrected chi connectivity index (χ3v) is 3.42. The molecule has 0 saturated heterocycles. The van der Waals surface area contributed by atoms with E-state index in [1.165, 1.54) is 19.3 Å². The van der Waals surface area contributed by atoms with Gasteiger partial charge >= 0.3 is 0 Å². The van der Waals surface area contributed by atoms with Gasteiger partial charge in [0.15, 0.2) is 11.5 Å². The number of methoxy groups -OCH3 is 1. The molecule has 2 aromatic carbocycles. The lowest BCUT2D eigenvalue weighted by atomic mass is 10.1. The molecular formula is C19H18N2O3. The van der Waals surface area contributed by atoms with Crippen molar-refractivity contribution in [1.29, 1.82) is 5.26 Å². The number of phenolic OH excluding ortho intramolecular Hbond substituents is 1. The molecule has 24 heavy (non-hydrogen) atoms. The molecular weight excluding hydrogens is 304 g/mol. The quantitative estimate of drug-likeness (QED) is 0.633. The van der Waals surface area contributed by atoms with Crippen LogP contribution in [0.1, 0.15) is 11.1 Å². The zero-order valence-electron chi connectivity index (χ0n) is 13.3. The Morgan fingerprint density at radius 1 is 1.29 bits per heavy atom. The van der Waals surface area contributed by atoms with Gasteiger partial charge in [-0.1, -0.05) is 36.4 Å². The number of hydrogen-bond donors (Lipinski definition) is 2. The summed E-state index contributed by atoms with van der Waals surface area (Å²) in [5, 5.41) is 21.5. The van der Waals surface area contributed by atoms with Gasteiger partial charge in [0.2, 0.25) is 0 Å². The van der Waals surface area contributed by atoms with Crippen LogP contribution in [0.15, 0.2) is 54.1 Å². The number of nitrogens with one attached hydrogen (secondary N) is 1. The van der Waals surface area contributed by atoms with Gasteiger partial charge < -0.3 is 15.2 Å². The van der Waals surface area contributed by atoms with Crippen molar-refractivity contribution < 1.29 is 14.6 Å². The summed E-state index contributed by atoms with van der Waals surface area (Å²) < 4.78 is 5.01. The molecule has 122 valence electrons. The third kappa shape index (κ3) is 4.62. The van der Waals surface area contributed by atoms with Crippen LogP contribution in [0.5, 0.6) is 11.5 Å². The lowest BCUT2D eigenvalue weighted by molar-refractivity contribution is -0.117. The van der Waals surface area contributed by atoms with E-state index in [0.717, 1.165) is 5.56 Å². The van der Waals surface area contributed by atoms with Crippen LogP contribution in [0.3, 0.4) is 0 Å². The molecule has 0 saturated carbocycles. The Hall–Kier alpha value is -3.26. The maximum absolute atomic E-state index is 12.1. The number of carbonyl (C=O) groups is 1. The molecule has 5 nitrogen and oxygen atoms in total. The van der Waals surface area contributed by atoms with Gasteiger partial charge in [-0.2, -0.15) is 5.26 Å². The van der Waals surface area contributed by atoms with Crippen molar-refractivity contribution in [1.82, 2.24) is 5.32 Å². The van der Waals surface area contributed by atoms with Crippen molar-refractivity contribution in [2.24, 2.45) is 0 Å². The molecule has 0 atom stereocenters. The summed E-state index contributed by atoms with van der Waals surface area (Å²) in [4.78, 5) is 12.1. The predicted octanol–water partition coefficient (Wildman–Crippen LogP) is 2.67. The number of benzene rings is 2. The Bertz CT molecular complexity index is 777. The first kappa shape index (κ1) is 17.1. The number of hydrogen-bond acceptors (Lipinski definition) is 4. The van der Waals surface area contributed by atoms with Gasteiger partial charge in [0.1, 0.15) is 11.6 Å². The second-order valence-electron chi connectivity index (χ2n) is 5.09. The molecule has 0 unspecified atom stereocenters. The summed E-state index contributed by atoms with van der Waals surface area (Å²) >= 11 is 0. The number of nitrogens with zero attached hydrogens (tertiary/aromatic N) is 1. The second-order valence-corrected chi connectivity index (χ2v) is 5.09. The van der Waals surface area contributed by atoms with E-state index in [-0.39, 0.29) is 17.1 Å². The number of rotatable bonds is 6. The predicted molar refractivity (Wildman–Crippen MR) is 91.4 cm³/mol. The van der Waals surface area contributed by atoms with Crippen molar-refractivity contribution in [3.8, 4) is 17.6 Å². The monoisotopic (exact) mass is 322 g/mol. The molecule has 2 rings (SSSR count). The highest BCUT2D eigenvalue weighted by Gasteiger charge is 2.09. The molecule has 2 N–H and O–H groups in total. The average molecular weight is 322 g/mol. The van der Waals surface area contributed by atoms with Crippen molar-refractivity contribution in [3.63, 3.8) is 0 Å². The molecule has 2 aromatic rings. The topological polar surface area (TPSA) is 82.3 Å². The summed E-state index contributed by atoms with van der Waals surface area (Å²) in [5.41, 5.74) is 1.71. The van der Waals surface area contributed by atoms with E-state index in [4.69, 9.17) is 4.74 Å². The zero-order chi connectivity index (χ0) is 17.4. The van der Waals surface area contributed by atoms with Gasteiger partial charge in [0, 0.05) is 6.54 Å². The SMILES string of the molecule is COc1cc(/C=C(\C#N)C(=O)NCCc2ccccc2)ccc1O. The van der Waals surface area contributed by atoms with Crippen molar-refractivity contribution >= 4 is 12.0 Å². The Morgan fingerprint density at radius 3 is 2.71 bits per heavy atom. The highest BCUT2D eigenvalue weighted by molar-refractivity contribution is 6.01. The fraction of sp³-hybridized carbons (Fsp3) is 0.158. The molecule has 0 aliphatic rings. The van der Waals surface area contributed by atoms with E-state index in [1.54, 1.807) is 12.1 Å². The third-order valence-electron chi connectivity index (χ3n) is 3.42. The molecule has 0 fully saturated rings. The Balaban J connectivity index is 2.02. The van der Waals surface area contributed by atoms with Crippen molar-refractivity contribution in [3.05, 3.63) is 65.2 Å². The molecule has 5 heteroatoms. The maximum Gasteiger partial charge on any atom is 0.261 e. The van der Waals surface area contributed by atoms with Crippen molar-refractivity contribution in [2.45, 2.75) is 6.42 Å². The van der Waals surface area contributed by atoms with E-state index in [2.05, 4.69) is 5.32 Å². The number of carbonyl (C=O) groups excluding carboxylic acids is 1. The fourth-order valence-corrected chi connectivity index (χ4v) is 2.16. The maximum atomic E-state index is 12.1. The van der Waals surface area contributed by atoms with E-state index >= 15 is 0 Å². The van der Waals surface area contributed by atoms with E-state index in [9.17, 15) is 15.2 Å². The number of nitriles is 1. The van der Waals surface area contributed by atoms with E-state index in [0.29, 0.717) is 18.5 Å². The largest absolute Gasteiger partial charge is 0.504 e. The minimum absolute atomic E-state index is 0.000435. The zero-order valence-corrected chi connectivity index (χ0v) is 13.3. The van der Waals surface area contributed by atoms with Gasteiger partial charge in [-0.3, -0.25) is 4.79 Å². The van der Waals surface area contributed by atoms with Crippen LogP contribution in [0.4, 0.5) is 0 Å². The molecule has 1 amide bonds. The number of ether oxygens (including phenoxy) is 1. The van der Waals surface area contributed by atoms with Gasteiger partial charge in [0.25, 0.3) is 5.91 Å². The summed E-state index contributed by atoms with van der Waals surface area (Å²) in [6.07, 6.45) is 2.15. The normalized spacial score (nSPS) is 10.8. The number of aromatic hydroxyl groups is 1. The van der Waals surface area contributed by atoms with Crippen LogP contribution in [0, 0.1) is 11.3 Å². The number of amides is 1. The first-order valence-corrected chi connectivity index (χ1v) is 7.45. The van der Waals surface area contributed by atoms with Crippen LogP contribution in [-0.2, 0) is 11.2 Å². The van der Waals surface area contributed by atoms with E-state index < -0.39 is 5.91 Å². The standard InChI is InChI=1S/C19H18N2O3/c1-24-18-12-15(7-8-17(18)22)11-16(13-20)19(23)21-10-9-14-5-3-2-4-6-14/h2-8,11-12,22H,9-10H2,1H3,(H,21,23)/b16-11+. The highest BCUT2D eigenvalue weighted by Crippen LogP contribution is 2.27. The lowest BCUT2D eigenvalue weighted by Gasteiger charge is -2.06. The Morgan fingerprint density at radius 2 is 2.04 bits per heavy atom. The molecule has 0 aromatic heterocycles. The van der Waals surface area contributed by atoms with Crippen LogP contribution in [0.25, 0.3) is 6.08 Å². The average Bonchev–Trinajstić information content (AvgIpc) is 2.61. The minimum atomic E-state index is -0.430. The molecule has 0 radical (unpaired) electrons. The summed E-state index contributed by atoms with van der Waals surface area (Å²) in [7, 11) is 1.43. The minimum Gasteiger partial charge on any atom is -0.504 e. The molecule has 0 bridgehead atoms. The molecule has 0 aliphatic carbocycles. The second kappa shape index (κ2) is 8.39. The molecule has 0 aliphatic heterocycles. The van der Waals surface area contributed by atoms with Gasteiger partial charge in [-0.05, 0) is 35.8 Å². The van der Waals surface area contributed by atoms with E-state index in [1.807, 2.05) is 36.4 Å². The Kier molecular flexibility index (Phi) is 5.98. The fourth-order valence-electron chi connectivity index (χ4n) is 2.16. The van der Waals surface area contributed by atoms with Gasteiger partial charge in [-0.15, -0.1) is 0 Å². The van der Waals surface area contributed by atoms with Gasteiger partial charge in [-0.25, -0.2) is 0 Å². The van der Waals surface area contributed by atoms with Crippen LogP contribution in [-0.4, -0.2) is 24.7 Å². The Labute approximate surface area is 140 Å². The van der Waals surface area contributed by atoms with Crippen molar-refractivity contribution in [2.75, 3.05) is 13.7 Å². The summed E-state index contributed by atoms with van der Waals surface area (Å²) in [5.74, 6) is -0.147. The lowest BCUT2D eigenvalue weighted by Crippen LogP contribution is -2.26. The molecule has 0 heterocycles. The first-order chi connectivity index (χ1) is 11.6. The first-order valence-electron chi connectivity index (χ1n) is 7.45. The van der Waals surface area contributed by atoms with Gasteiger partial charge in [0.05, 0.1) is 7.11 Å². The molecule has 0 spiro atoms. The number of phenols is 1. The summed E-state index contributed by atoms with van der Waals surface area (Å²) in [6, 6.07) is 16.3. The highest BCUT2D eigenvalue weighted by atomic mass is 16.5. The smallest absolute Gasteiger partial charge is 0.261 e. The summed E-state index contributed by atoms with van der Waals surface area (Å²) in [6.45, 7) is 0.445. The van der Waals surface area contributed by atoms with Crippen LogP contribution < -0.4 is 10.1 Å². The van der Waals surface area contributed by atoms with Crippen LogP contribution >= 0.6 is 0 Å².